The minimum Gasteiger partial charge on any atom is -0.300 e. The fraction of sp³-hybridized carbons (Fsp3) is 0.417. The van der Waals surface area contributed by atoms with E-state index in [1.165, 1.54) is 0 Å². The second-order valence-electron chi connectivity index (χ2n) is 3.65. The number of rotatable bonds is 2. The minimum atomic E-state index is -0.829. The Labute approximate surface area is 93.2 Å². The van der Waals surface area contributed by atoms with Crippen LogP contribution in [0.4, 0.5) is 0 Å². The van der Waals surface area contributed by atoms with E-state index in [9.17, 15) is 9.00 Å². The molecule has 15 heavy (non-hydrogen) atoms. The molecule has 0 spiro atoms. The van der Waals surface area contributed by atoms with E-state index in [4.69, 9.17) is 0 Å². The zero-order valence-electron chi connectivity index (χ0n) is 9.10. The molecule has 1 unspecified atom stereocenters. The first-order chi connectivity index (χ1) is 7.11. The van der Waals surface area contributed by atoms with Crippen LogP contribution in [0.3, 0.4) is 0 Å². The van der Waals surface area contributed by atoms with Crippen molar-refractivity contribution >= 4 is 16.6 Å². The van der Waals surface area contributed by atoms with Crippen molar-refractivity contribution in [1.82, 2.24) is 0 Å². The number of hydrogen-bond donors (Lipinski definition) is 0. The van der Waals surface area contributed by atoms with Crippen LogP contribution in [0, 0.1) is 5.92 Å². The van der Waals surface area contributed by atoms with Crippen molar-refractivity contribution in [2.24, 2.45) is 5.92 Å². The van der Waals surface area contributed by atoms with E-state index in [1.54, 1.807) is 13.2 Å². The molecule has 82 valence electrons. The molecular formula is C12H16O2S. The third-order valence-corrected chi connectivity index (χ3v) is 3.16. The molecule has 0 radical (unpaired) electrons. The van der Waals surface area contributed by atoms with Crippen LogP contribution in [0.25, 0.3) is 0 Å². The van der Waals surface area contributed by atoms with Crippen molar-refractivity contribution in [3.05, 3.63) is 30.3 Å². The summed E-state index contributed by atoms with van der Waals surface area (Å²) in [5.74, 6) is 0.833. The maximum atomic E-state index is 10.8. The van der Waals surface area contributed by atoms with Gasteiger partial charge >= 0.3 is 0 Å². The summed E-state index contributed by atoms with van der Waals surface area (Å²) in [6, 6.07) is 9.40. The number of Topliss-reactive ketones (excluding diaryl/α,β-unsaturated/α-hetero) is 1. The van der Waals surface area contributed by atoms with E-state index < -0.39 is 10.8 Å². The molecule has 0 heterocycles. The quantitative estimate of drug-likeness (QED) is 0.773. The second-order valence-corrected chi connectivity index (χ2v) is 5.03. The van der Waals surface area contributed by atoms with Crippen molar-refractivity contribution in [1.29, 1.82) is 0 Å². The highest BCUT2D eigenvalue weighted by atomic mass is 32.2. The predicted molar refractivity (Wildman–Crippen MR) is 62.2 cm³/mol. The lowest BCUT2D eigenvalue weighted by atomic mass is 10.3. The number of benzene rings is 1. The summed E-state index contributed by atoms with van der Waals surface area (Å²) < 4.78 is 10.8. The van der Waals surface area contributed by atoms with Gasteiger partial charge in [-0.15, -0.1) is 0 Å². The molecule has 1 aromatic rings. The number of carbonyl (C=O) groups excluding carboxylic acids is 1. The molecule has 1 aromatic carbocycles. The lowest BCUT2D eigenvalue weighted by molar-refractivity contribution is -0.118. The lowest BCUT2D eigenvalue weighted by Crippen LogP contribution is -1.88. The fourth-order valence-electron chi connectivity index (χ4n) is 1.10. The fourth-order valence-corrected chi connectivity index (χ4v) is 1.64. The molecule has 3 heteroatoms. The van der Waals surface area contributed by atoms with Crippen LogP contribution in [-0.2, 0) is 15.6 Å². The van der Waals surface area contributed by atoms with Crippen LogP contribution >= 0.6 is 0 Å². The van der Waals surface area contributed by atoms with Crippen LogP contribution < -0.4 is 0 Å². The first kappa shape index (κ1) is 12.1. The zero-order valence-corrected chi connectivity index (χ0v) is 9.92. The molecule has 0 aromatic heterocycles. The Bertz CT molecular complexity index is 342. The van der Waals surface area contributed by atoms with Gasteiger partial charge in [0.2, 0.25) is 0 Å². The van der Waals surface area contributed by atoms with Crippen LogP contribution in [0.15, 0.2) is 35.2 Å². The molecule has 2 nitrogen and oxygen atoms in total. The maximum Gasteiger partial charge on any atom is 0.132 e. The summed E-state index contributed by atoms with van der Waals surface area (Å²) in [5.41, 5.74) is 0. The molecule has 1 fully saturated rings. The Morgan fingerprint density at radius 2 is 1.80 bits per heavy atom. The van der Waals surface area contributed by atoms with Gasteiger partial charge in [-0.1, -0.05) is 18.2 Å². The summed E-state index contributed by atoms with van der Waals surface area (Å²) in [6.07, 6.45) is 3.97. The summed E-state index contributed by atoms with van der Waals surface area (Å²) in [4.78, 5) is 11.1. The SMILES string of the molecule is CC(=O)C1CC1.CS(=O)c1ccccc1. The van der Waals surface area contributed by atoms with Gasteiger partial charge in [0.15, 0.2) is 0 Å². The van der Waals surface area contributed by atoms with Crippen LogP contribution in [0.1, 0.15) is 19.8 Å². The van der Waals surface area contributed by atoms with Gasteiger partial charge in [0.1, 0.15) is 5.78 Å². The molecule has 0 bridgehead atoms. The van der Waals surface area contributed by atoms with Gasteiger partial charge in [-0.3, -0.25) is 9.00 Å². The zero-order chi connectivity index (χ0) is 11.3. The smallest absolute Gasteiger partial charge is 0.132 e. The molecule has 1 saturated carbocycles. The minimum absolute atomic E-state index is 0.370. The molecular weight excluding hydrogens is 208 g/mol. The maximum absolute atomic E-state index is 10.8. The molecule has 0 aliphatic heterocycles. The Morgan fingerprint density at radius 3 is 2.00 bits per heavy atom. The van der Waals surface area contributed by atoms with Gasteiger partial charge in [-0.2, -0.15) is 0 Å². The van der Waals surface area contributed by atoms with Crippen LogP contribution in [0.2, 0.25) is 0 Å². The van der Waals surface area contributed by atoms with E-state index >= 15 is 0 Å². The normalized spacial score (nSPS) is 16.1. The first-order valence-electron chi connectivity index (χ1n) is 5.00. The topological polar surface area (TPSA) is 34.1 Å². The van der Waals surface area contributed by atoms with Crippen molar-refractivity contribution < 1.29 is 9.00 Å². The van der Waals surface area contributed by atoms with Crippen molar-refractivity contribution in [3.63, 3.8) is 0 Å². The average molecular weight is 224 g/mol. The van der Waals surface area contributed by atoms with Gasteiger partial charge in [0, 0.05) is 27.9 Å². The molecule has 1 aliphatic rings. The molecule has 1 aliphatic carbocycles. The van der Waals surface area contributed by atoms with Crippen molar-refractivity contribution in [2.75, 3.05) is 6.26 Å². The van der Waals surface area contributed by atoms with E-state index in [2.05, 4.69) is 0 Å². The largest absolute Gasteiger partial charge is 0.300 e. The van der Waals surface area contributed by atoms with Crippen molar-refractivity contribution in [3.8, 4) is 0 Å². The van der Waals surface area contributed by atoms with E-state index in [1.807, 2.05) is 30.3 Å². The summed E-state index contributed by atoms with van der Waals surface area (Å²) in [7, 11) is -0.829. The van der Waals surface area contributed by atoms with Gasteiger partial charge in [-0.05, 0) is 31.9 Å². The third kappa shape index (κ3) is 4.88. The van der Waals surface area contributed by atoms with Gasteiger partial charge in [0.25, 0.3) is 0 Å². The highest BCUT2D eigenvalue weighted by molar-refractivity contribution is 7.84. The standard InChI is InChI=1S/C7H8OS.C5H8O/c1-9(8)7-5-3-2-4-6-7;1-4(6)5-2-3-5/h2-6H,1H3;5H,2-3H2,1H3. The van der Waals surface area contributed by atoms with Crippen molar-refractivity contribution in [2.45, 2.75) is 24.7 Å². The Balaban J connectivity index is 0.000000162. The molecule has 1 atom stereocenters. The Hall–Kier alpha value is -0.960. The van der Waals surface area contributed by atoms with Gasteiger partial charge < -0.3 is 0 Å². The summed E-state index contributed by atoms with van der Waals surface area (Å²) >= 11 is 0. The molecule has 0 amide bonds. The molecule has 2 rings (SSSR count). The highest BCUT2D eigenvalue weighted by Gasteiger charge is 2.25. The summed E-state index contributed by atoms with van der Waals surface area (Å²) in [5, 5.41) is 0. The second kappa shape index (κ2) is 5.81. The first-order valence-corrected chi connectivity index (χ1v) is 6.56. The Morgan fingerprint density at radius 1 is 1.27 bits per heavy atom. The van der Waals surface area contributed by atoms with Gasteiger partial charge in [-0.25, -0.2) is 0 Å². The Kier molecular flexibility index (Phi) is 4.69. The number of ketones is 1. The lowest BCUT2D eigenvalue weighted by Gasteiger charge is -1.90. The van der Waals surface area contributed by atoms with Gasteiger partial charge in [0.05, 0.1) is 0 Å². The summed E-state index contributed by atoms with van der Waals surface area (Å²) in [6.45, 7) is 1.66. The average Bonchev–Trinajstić information content (AvgIpc) is 3.03. The number of hydrogen-bond acceptors (Lipinski definition) is 2. The van der Waals surface area contributed by atoms with E-state index in [-0.39, 0.29) is 0 Å². The van der Waals surface area contributed by atoms with Crippen LogP contribution in [-0.4, -0.2) is 16.2 Å². The van der Waals surface area contributed by atoms with E-state index in [0.717, 1.165) is 17.7 Å². The van der Waals surface area contributed by atoms with Crippen LogP contribution in [0.5, 0.6) is 0 Å². The monoisotopic (exact) mass is 224 g/mol. The number of carbonyl (C=O) groups is 1. The molecule has 0 N–H and O–H groups in total. The highest BCUT2D eigenvalue weighted by Crippen LogP contribution is 2.29. The van der Waals surface area contributed by atoms with E-state index in [0.29, 0.717) is 11.7 Å². The third-order valence-electron chi connectivity index (χ3n) is 2.23. The molecule has 0 saturated heterocycles. The predicted octanol–water partition coefficient (Wildman–Crippen LogP) is 2.41.